The van der Waals surface area contributed by atoms with E-state index in [2.05, 4.69) is 39.8 Å². The Hall–Kier alpha value is -2.44. The molecule has 1 aromatic carbocycles. The molecule has 2 fully saturated rings. The van der Waals surface area contributed by atoms with Crippen molar-refractivity contribution in [3.05, 3.63) is 69.6 Å². The highest BCUT2D eigenvalue weighted by atomic mass is 16.2. The summed E-state index contributed by atoms with van der Waals surface area (Å²) in [6, 6.07) is 12.6. The van der Waals surface area contributed by atoms with E-state index < -0.39 is 0 Å². The molecule has 0 aliphatic carbocycles. The van der Waals surface area contributed by atoms with E-state index in [0.717, 1.165) is 70.4 Å². The van der Waals surface area contributed by atoms with Crippen LogP contribution in [0.5, 0.6) is 0 Å². The number of likely N-dealkylation sites (tertiary alicyclic amines) is 1. The minimum Gasteiger partial charge on any atom is -0.349 e. The molecule has 2 N–H and O–H groups in total. The normalized spacial score (nSPS) is 20.2. The number of carbonyl (C=O) groups is 1. The van der Waals surface area contributed by atoms with Gasteiger partial charge in [0.05, 0.1) is 0 Å². The zero-order chi connectivity index (χ0) is 22.3. The van der Waals surface area contributed by atoms with Crippen LogP contribution < -0.4 is 16.2 Å². The Balaban J connectivity index is 1.31. The quantitative estimate of drug-likeness (QED) is 0.700. The zero-order valence-electron chi connectivity index (χ0n) is 19.2. The number of piperidine rings is 2. The van der Waals surface area contributed by atoms with Crippen molar-refractivity contribution >= 4 is 5.91 Å². The number of hydrogen-bond donors (Lipinski definition) is 2. The standard InChI is InChI=1S/C26H36N4O2/c1-20-9-17-30(19-22-8-5-13-27-18-22)26(32)24(20)25(31)28-23-11-15-29(16-12-23)14-10-21-6-3-2-4-7-21/h2-4,6-7,9,17,22-23,27H,5,8,10-16,18-19H2,1H3,(H,28,31). The lowest BCUT2D eigenvalue weighted by Crippen LogP contribution is -2.46. The molecule has 1 unspecified atom stereocenters. The fourth-order valence-electron chi connectivity index (χ4n) is 4.93. The third-order valence-electron chi connectivity index (χ3n) is 6.94. The molecule has 1 amide bonds. The van der Waals surface area contributed by atoms with Gasteiger partial charge in [0, 0.05) is 38.4 Å². The Morgan fingerprint density at radius 3 is 2.62 bits per heavy atom. The first-order valence-electron chi connectivity index (χ1n) is 12.1. The van der Waals surface area contributed by atoms with Crippen molar-refractivity contribution in [2.75, 3.05) is 32.7 Å². The molecule has 0 radical (unpaired) electrons. The smallest absolute Gasteiger partial charge is 0.263 e. The molecule has 172 valence electrons. The Bertz CT molecular complexity index is 942. The van der Waals surface area contributed by atoms with Gasteiger partial charge in [-0.15, -0.1) is 0 Å². The number of hydrogen-bond acceptors (Lipinski definition) is 4. The van der Waals surface area contributed by atoms with Crippen LogP contribution in [0.2, 0.25) is 0 Å². The summed E-state index contributed by atoms with van der Waals surface area (Å²) in [5.74, 6) is 0.228. The lowest BCUT2D eigenvalue weighted by molar-refractivity contribution is 0.0908. The monoisotopic (exact) mass is 436 g/mol. The summed E-state index contributed by atoms with van der Waals surface area (Å²) in [5.41, 5.74) is 2.27. The molecule has 32 heavy (non-hydrogen) atoms. The first-order chi connectivity index (χ1) is 15.6. The molecular weight excluding hydrogens is 400 g/mol. The van der Waals surface area contributed by atoms with Gasteiger partial charge in [-0.1, -0.05) is 30.3 Å². The second kappa shape index (κ2) is 10.9. The molecule has 2 saturated heterocycles. The van der Waals surface area contributed by atoms with E-state index in [9.17, 15) is 9.59 Å². The van der Waals surface area contributed by atoms with E-state index in [1.807, 2.05) is 25.3 Å². The van der Waals surface area contributed by atoms with Crippen molar-refractivity contribution in [1.29, 1.82) is 0 Å². The van der Waals surface area contributed by atoms with Gasteiger partial charge in [0.15, 0.2) is 0 Å². The Morgan fingerprint density at radius 1 is 1.12 bits per heavy atom. The van der Waals surface area contributed by atoms with Gasteiger partial charge in [0.1, 0.15) is 5.56 Å². The van der Waals surface area contributed by atoms with Crippen molar-refractivity contribution in [2.24, 2.45) is 5.92 Å². The number of rotatable bonds is 7. The molecule has 1 aromatic heterocycles. The van der Waals surface area contributed by atoms with Crippen LogP contribution in [0.4, 0.5) is 0 Å². The molecule has 2 aliphatic heterocycles. The van der Waals surface area contributed by atoms with Gasteiger partial charge in [-0.3, -0.25) is 9.59 Å². The van der Waals surface area contributed by atoms with Gasteiger partial charge < -0.3 is 20.1 Å². The average molecular weight is 437 g/mol. The molecule has 6 heteroatoms. The molecule has 2 aliphatic rings. The highest BCUT2D eigenvalue weighted by Gasteiger charge is 2.24. The molecule has 0 saturated carbocycles. The van der Waals surface area contributed by atoms with Gasteiger partial charge in [-0.2, -0.15) is 0 Å². The molecule has 4 rings (SSSR count). The first-order valence-corrected chi connectivity index (χ1v) is 12.1. The Kier molecular flexibility index (Phi) is 7.76. The number of nitrogens with zero attached hydrogens (tertiary/aromatic N) is 2. The van der Waals surface area contributed by atoms with E-state index in [1.165, 1.54) is 5.56 Å². The molecule has 3 heterocycles. The Labute approximate surface area is 191 Å². The molecular formula is C26H36N4O2. The van der Waals surface area contributed by atoms with Crippen LogP contribution in [-0.2, 0) is 13.0 Å². The van der Waals surface area contributed by atoms with Gasteiger partial charge >= 0.3 is 0 Å². The van der Waals surface area contributed by atoms with E-state index >= 15 is 0 Å². The number of benzene rings is 1. The third kappa shape index (κ3) is 5.87. The lowest BCUT2D eigenvalue weighted by Gasteiger charge is -2.32. The third-order valence-corrected chi connectivity index (χ3v) is 6.94. The summed E-state index contributed by atoms with van der Waals surface area (Å²) in [7, 11) is 0. The maximum absolute atomic E-state index is 13.1. The molecule has 0 bridgehead atoms. The summed E-state index contributed by atoms with van der Waals surface area (Å²) >= 11 is 0. The highest BCUT2D eigenvalue weighted by molar-refractivity contribution is 5.95. The van der Waals surface area contributed by atoms with Crippen LogP contribution in [0.15, 0.2) is 47.4 Å². The first kappa shape index (κ1) is 22.7. The van der Waals surface area contributed by atoms with Crippen LogP contribution in [-0.4, -0.2) is 54.1 Å². The van der Waals surface area contributed by atoms with Crippen LogP contribution in [0.25, 0.3) is 0 Å². The predicted octanol–water partition coefficient (Wildman–Crippen LogP) is 2.59. The maximum Gasteiger partial charge on any atom is 0.263 e. The number of aryl methyl sites for hydroxylation is 1. The van der Waals surface area contributed by atoms with Gasteiger partial charge in [0.2, 0.25) is 0 Å². The number of aromatic nitrogens is 1. The number of amides is 1. The van der Waals surface area contributed by atoms with Crippen LogP contribution in [0.3, 0.4) is 0 Å². The largest absolute Gasteiger partial charge is 0.349 e. The van der Waals surface area contributed by atoms with E-state index in [1.54, 1.807) is 4.57 Å². The summed E-state index contributed by atoms with van der Waals surface area (Å²) in [5, 5.41) is 6.55. The highest BCUT2D eigenvalue weighted by Crippen LogP contribution is 2.14. The second-order valence-electron chi connectivity index (χ2n) is 9.37. The average Bonchev–Trinajstić information content (AvgIpc) is 2.82. The van der Waals surface area contributed by atoms with Crippen LogP contribution in [0.1, 0.15) is 47.2 Å². The summed E-state index contributed by atoms with van der Waals surface area (Å²) in [6.07, 6.45) is 7.01. The molecule has 6 nitrogen and oxygen atoms in total. The number of carbonyl (C=O) groups excluding carboxylic acids is 1. The summed E-state index contributed by atoms with van der Waals surface area (Å²) in [6.45, 7) is 7.52. The minimum atomic E-state index is -0.216. The van der Waals surface area contributed by atoms with E-state index in [4.69, 9.17) is 0 Å². The molecule has 0 spiro atoms. The van der Waals surface area contributed by atoms with Crippen LogP contribution >= 0.6 is 0 Å². The Morgan fingerprint density at radius 2 is 1.91 bits per heavy atom. The summed E-state index contributed by atoms with van der Waals surface area (Å²) in [4.78, 5) is 28.6. The predicted molar refractivity (Wildman–Crippen MR) is 128 cm³/mol. The van der Waals surface area contributed by atoms with Crippen molar-refractivity contribution in [1.82, 2.24) is 20.1 Å². The van der Waals surface area contributed by atoms with Crippen molar-refractivity contribution in [2.45, 2.75) is 51.6 Å². The zero-order valence-corrected chi connectivity index (χ0v) is 19.2. The molecule has 1 atom stereocenters. The van der Waals surface area contributed by atoms with E-state index in [-0.39, 0.29) is 17.5 Å². The van der Waals surface area contributed by atoms with Gasteiger partial charge in [-0.25, -0.2) is 0 Å². The fraction of sp³-hybridized carbons (Fsp3) is 0.538. The van der Waals surface area contributed by atoms with Gasteiger partial charge in [-0.05, 0) is 75.2 Å². The van der Waals surface area contributed by atoms with Crippen LogP contribution in [0, 0.1) is 12.8 Å². The lowest BCUT2D eigenvalue weighted by atomic mass is 9.99. The topological polar surface area (TPSA) is 66.4 Å². The van der Waals surface area contributed by atoms with Crippen molar-refractivity contribution in [3.63, 3.8) is 0 Å². The SMILES string of the molecule is Cc1ccn(CC2CCCNC2)c(=O)c1C(=O)NC1CCN(CCc2ccccc2)CC1. The number of pyridine rings is 1. The summed E-state index contributed by atoms with van der Waals surface area (Å²) < 4.78 is 1.73. The fourth-order valence-corrected chi connectivity index (χ4v) is 4.93. The molecule has 2 aromatic rings. The van der Waals surface area contributed by atoms with Crippen molar-refractivity contribution < 1.29 is 4.79 Å². The van der Waals surface area contributed by atoms with Gasteiger partial charge in [0.25, 0.3) is 11.5 Å². The minimum absolute atomic E-state index is 0.130. The van der Waals surface area contributed by atoms with E-state index in [0.29, 0.717) is 18.0 Å². The number of nitrogens with one attached hydrogen (secondary N) is 2. The van der Waals surface area contributed by atoms with Crippen molar-refractivity contribution in [3.8, 4) is 0 Å². The maximum atomic E-state index is 13.1. The second-order valence-corrected chi connectivity index (χ2v) is 9.37.